The second kappa shape index (κ2) is 6.01. The van der Waals surface area contributed by atoms with Crippen LogP contribution in [0.1, 0.15) is 35.4 Å². The molecule has 0 spiro atoms. The van der Waals surface area contributed by atoms with Crippen molar-refractivity contribution in [2.24, 2.45) is 0 Å². The summed E-state index contributed by atoms with van der Waals surface area (Å²) < 4.78 is 1.14. The summed E-state index contributed by atoms with van der Waals surface area (Å²) >= 11 is 3.56. The van der Waals surface area contributed by atoms with Crippen molar-refractivity contribution in [2.45, 2.75) is 32.1 Å². The zero-order valence-corrected chi connectivity index (χ0v) is 13.4. The van der Waals surface area contributed by atoms with Crippen molar-refractivity contribution in [3.05, 3.63) is 63.6 Å². The van der Waals surface area contributed by atoms with Gasteiger partial charge in [0.25, 0.3) is 0 Å². The number of hydrogen-bond donors (Lipinski definition) is 1. The average molecular weight is 330 g/mol. The van der Waals surface area contributed by atoms with Crippen LogP contribution in [0.4, 0.5) is 5.69 Å². The molecule has 1 aliphatic rings. The number of halogens is 1. The van der Waals surface area contributed by atoms with Crippen molar-refractivity contribution in [1.82, 2.24) is 0 Å². The number of hydrogen-bond acceptors (Lipinski definition) is 1. The molecule has 2 aromatic carbocycles. The minimum Gasteiger partial charge on any atom is -0.384 e. The summed E-state index contributed by atoms with van der Waals surface area (Å²) in [5, 5.41) is 3.61. The molecule has 0 saturated carbocycles. The SMILES string of the molecule is Cc1cc(Br)cc(NCC2CCCc3ccccc32)c1. The molecule has 0 fully saturated rings. The van der Waals surface area contributed by atoms with Gasteiger partial charge in [0.05, 0.1) is 0 Å². The molecule has 1 unspecified atom stereocenters. The third-order valence-corrected chi connectivity index (χ3v) is 4.55. The Bertz CT molecular complexity index is 586. The van der Waals surface area contributed by atoms with E-state index in [1.54, 1.807) is 0 Å². The van der Waals surface area contributed by atoms with E-state index in [4.69, 9.17) is 0 Å². The molecule has 3 rings (SSSR count). The molecule has 0 saturated heterocycles. The minimum atomic E-state index is 0.638. The summed E-state index contributed by atoms with van der Waals surface area (Å²) in [6, 6.07) is 15.4. The lowest BCUT2D eigenvalue weighted by Crippen LogP contribution is -2.18. The molecular formula is C18H20BrN. The van der Waals surface area contributed by atoms with E-state index in [1.807, 2.05) is 0 Å². The lowest BCUT2D eigenvalue weighted by Gasteiger charge is -2.26. The highest BCUT2D eigenvalue weighted by Crippen LogP contribution is 2.31. The molecule has 1 aliphatic carbocycles. The first-order valence-electron chi connectivity index (χ1n) is 7.31. The molecule has 1 N–H and O–H groups in total. The number of fused-ring (bicyclic) bond motifs is 1. The van der Waals surface area contributed by atoms with Crippen LogP contribution in [0.2, 0.25) is 0 Å². The fourth-order valence-corrected chi connectivity index (χ4v) is 3.75. The minimum absolute atomic E-state index is 0.638. The van der Waals surface area contributed by atoms with E-state index in [0.717, 1.165) is 11.0 Å². The molecule has 0 heterocycles. The number of nitrogens with one attached hydrogen (secondary N) is 1. The number of aryl methyl sites for hydroxylation is 2. The highest BCUT2D eigenvalue weighted by atomic mass is 79.9. The first kappa shape index (κ1) is 13.7. The molecule has 0 aliphatic heterocycles. The smallest absolute Gasteiger partial charge is 0.0354 e. The van der Waals surface area contributed by atoms with Crippen molar-refractivity contribution < 1.29 is 0 Å². The molecular weight excluding hydrogens is 310 g/mol. The predicted octanol–water partition coefficient (Wildman–Crippen LogP) is 5.29. The van der Waals surface area contributed by atoms with E-state index in [0.29, 0.717) is 5.92 Å². The van der Waals surface area contributed by atoms with Gasteiger partial charge >= 0.3 is 0 Å². The van der Waals surface area contributed by atoms with Gasteiger partial charge in [-0.05, 0) is 61.1 Å². The van der Waals surface area contributed by atoms with Crippen LogP contribution in [0.5, 0.6) is 0 Å². The summed E-state index contributed by atoms with van der Waals surface area (Å²) in [5.41, 5.74) is 5.57. The van der Waals surface area contributed by atoms with E-state index in [-0.39, 0.29) is 0 Å². The van der Waals surface area contributed by atoms with E-state index in [9.17, 15) is 0 Å². The van der Waals surface area contributed by atoms with Crippen LogP contribution in [-0.2, 0) is 6.42 Å². The van der Waals surface area contributed by atoms with Crippen LogP contribution in [0.25, 0.3) is 0 Å². The lowest BCUT2D eigenvalue weighted by molar-refractivity contribution is 0.572. The highest BCUT2D eigenvalue weighted by Gasteiger charge is 2.19. The Labute approximate surface area is 129 Å². The third-order valence-electron chi connectivity index (χ3n) is 4.09. The van der Waals surface area contributed by atoms with Gasteiger partial charge in [-0.1, -0.05) is 40.2 Å². The maximum absolute atomic E-state index is 3.61. The fraction of sp³-hybridized carbons (Fsp3) is 0.333. The van der Waals surface area contributed by atoms with Gasteiger partial charge in [-0.3, -0.25) is 0 Å². The van der Waals surface area contributed by atoms with Crippen LogP contribution in [0, 0.1) is 6.92 Å². The molecule has 0 bridgehead atoms. The van der Waals surface area contributed by atoms with Crippen molar-refractivity contribution in [1.29, 1.82) is 0 Å². The van der Waals surface area contributed by atoms with Crippen LogP contribution >= 0.6 is 15.9 Å². The van der Waals surface area contributed by atoms with Gasteiger partial charge in [0.2, 0.25) is 0 Å². The van der Waals surface area contributed by atoms with Gasteiger partial charge in [-0.15, -0.1) is 0 Å². The Balaban J connectivity index is 1.73. The molecule has 2 aromatic rings. The summed E-state index contributed by atoms with van der Waals surface area (Å²) in [4.78, 5) is 0. The standard InChI is InChI=1S/C18H20BrN/c1-13-9-16(19)11-17(10-13)20-12-15-7-4-6-14-5-2-3-8-18(14)15/h2-3,5,8-11,15,20H,4,6-7,12H2,1H3. The highest BCUT2D eigenvalue weighted by molar-refractivity contribution is 9.10. The largest absolute Gasteiger partial charge is 0.384 e. The first-order chi connectivity index (χ1) is 9.72. The van der Waals surface area contributed by atoms with Crippen LogP contribution in [-0.4, -0.2) is 6.54 Å². The van der Waals surface area contributed by atoms with Crippen LogP contribution in [0.15, 0.2) is 46.9 Å². The van der Waals surface area contributed by atoms with Gasteiger partial charge in [-0.2, -0.15) is 0 Å². The quantitative estimate of drug-likeness (QED) is 0.806. The van der Waals surface area contributed by atoms with E-state index in [2.05, 4.69) is 70.6 Å². The second-order valence-electron chi connectivity index (χ2n) is 5.69. The average Bonchev–Trinajstić information content (AvgIpc) is 2.44. The molecule has 0 aromatic heterocycles. The van der Waals surface area contributed by atoms with E-state index < -0.39 is 0 Å². The van der Waals surface area contributed by atoms with Gasteiger partial charge in [-0.25, -0.2) is 0 Å². The Kier molecular flexibility index (Phi) is 4.11. The van der Waals surface area contributed by atoms with Gasteiger partial charge in [0.1, 0.15) is 0 Å². The van der Waals surface area contributed by atoms with Crippen molar-refractivity contribution in [3.63, 3.8) is 0 Å². The Morgan fingerprint density at radius 3 is 2.90 bits per heavy atom. The maximum Gasteiger partial charge on any atom is 0.0354 e. The summed E-state index contributed by atoms with van der Waals surface area (Å²) in [6.45, 7) is 3.15. The van der Waals surface area contributed by atoms with Crippen molar-refractivity contribution >= 4 is 21.6 Å². The molecule has 104 valence electrons. The van der Waals surface area contributed by atoms with Crippen molar-refractivity contribution in [3.8, 4) is 0 Å². The molecule has 0 amide bonds. The van der Waals surface area contributed by atoms with Gasteiger partial charge < -0.3 is 5.32 Å². The Morgan fingerprint density at radius 1 is 1.20 bits per heavy atom. The Morgan fingerprint density at radius 2 is 2.05 bits per heavy atom. The summed E-state index contributed by atoms with van der Waals surface area (Å²) in [5.74, 6) is 0.638. The predicted molar refractivity (Wildman–Crippen MR) is 89.5 cm³/mol. The Hall–Kier alpha value is -1.28. The van der Waals surface area contributed by atoms with E-state index >= 15 is 0 Å². The topological polar surface area (TPSA) is 12.0 Å². The molecule has 20 heavy (non-hydrogen) atoms. The zero-order valence-electron chi connectivity index (χ0n) is 11.8. The fourth-order valence-electron chi connectivity index (χ4n) is 3.15. The third kappa shape index (κ3) is 3.06. The lowest BCUT2D eigenvalue weighted by atomic mass is 9.83. The van der Waals surface area contributed by atoms with Crippen LogP contribution in [0.3, 0.4) is 0 Å². The normalized spacial score (nSPS) is 17.6. The van der Waals surface area contributed by atoms with E-state index in [1.165, 1.54) is 41.6 Å². The molecule has 1 atom stereocenters. The zero-order chi connectivity index (χ0) is 13.9. The maximum atomic E-state index is 3.61. The summed E-state index contributed by atoms with van der Waals surface area (Å²) in [6.07, 6.45) is 3.83. The second-order valence-corrected chi connectivity index (χ2v) is 6.60. The number of rotatable bonds is 3. The molecule has 0 radical (unpaired) electrons. The monoisotopic (exact) mass is 329 g/mol. The number of anilines is 1. The number of benzene rings is 2. The van der Waals surface area contributed by atoms with Crippen LogP contribution < -0.4 is 5.32 Å². The molecule has 1 nitrogen and oxygen atoms in total. The van der Waals surface area contributed by atoms with Crippen molar-refractivity contribution in [2.75, 3.05) is 11.9 Å². The van der Waals surface area contributed by atoms with Gasteiger partial charge in [0, 0.05) is 22.6 Å². The molecule has 2 heteroatoms. The summed E-state index contributed by atoms with van der Waals surface area (Å²) in [7, 11) is 0. The van der Waals surface area contributed by atoms with Gasteiger partial charge in [0.15, 0.2) is 0 Å². The first-order valence-corrected chi connectivity index (χ1v) is 8.10.